The second kappa shape index (κ2) is 12.7. The first-order chi connectivity index (χ1) is 17.1. The summed E-state index contributed by atoms with van der Waals surface area (Å²) in [6.45, 7) is 3.44. The fourth-order valence-electron chi connectivity index (χ4n) is 4.53. The molecular weight excluding hydrogens is 498 g/mol. The molecule has 0 aliphatic heterocycles. The molecule has 1 aliphatic carbocycles. The van der Waals surface area contributed by atoms with E-state index in [1.807, 2.05) is 19.9 Å². The van der Waals surface area contributed by atoms with Crippen LogP contribution in [0.15, 0.2) is 53.4 Å². The number of amides is 2. The van der Waals surface area contributed by atoms with Gasteiger partial charge in [0.05, 0.1) is 11.4 Å². The van der Waals surface area contributed by atoms with E-state index in [2.05, 4.69) is 5.32 Å². The van der Waals surface area contributed by atoms with Gasteiger partial charge in [-0.05, 0) is 49.9 Å². The van der Waals surface area contributed by atoms with Crippen LogP contribution in [-0.2, 0) is 26.2 Å². The van der Waals surface area contributed by atoms with Gasteiger partial charge in [0.15, 0.2) is 0 Å². The van der Waals surface area contributed by atoms with Gasteiger partial charge in [-0.2, -0.15) is 4.31 Å². The molecule has 1 aliphatic rings. The summed E-state index contributed by atoms with van der Waals surface area (Å²) in [4.78, 5) is 28.5. The van der Waals surface area contributed by atoms with Gasteiger partial charge in [0.1, 0.15) is 6.04 Å². The molecule has 0 aromatic heterocycles. The maximum absolute atomic E-state index is 13.6. The number of benzene rings is 2. The molecule has 36 heavy (non-hydrogen) atoms. The third-order valence-electron chi connectivity index (χ3n) is 6.72. The first kappa shape index (κ1) is 28.2. The van der Waals surface area contributed by atoms with E-state index in [4.69, 9.17) is 11.6 Å². The zero-order valence-electron chi connectivity index (χ0n) is 21.2. The molecule has 196 valence electrons. The number of halogens is 1. The molecule has 0 bridgehead atoms. The van der Waals surface area contributed by atoms with Crippen molar-refractivity contribution in [2.45, 2.75) is 75.9 Å². The van der Waals surface area contributed by atoms with Crippen LogP contribution in [0.1, 0.15) is 56.6 Å². The number of carbonyl (C=O) groups excluding carboxylic acids is 2. The van der Waals surface area contributed by atoms with E-state index in [1.54, 1.807) is 30.3 Å². The molecule has 2 amide bonds. The highest BCUT2D eigenvalue weighted by atomic mass is 35.5. The Morgan fingerprint density at radius 2 is 1.69 bits per heavy atom. The molecule has 0 heterocycles. The molecule has 1 saturated carbocycles. The van der Waals surface area contributed by atoms with E-state index < -0.39 is 28.5 Å². The third kappa shape index (κ3) is 7.08. The smallest absolute Gasteiger partial charge is 0.243 e. The first-order valence-electron chi connectivity index (χ1n) is 12.5. The average molecular weight is 534 g/mol. The van der Waals surface area contributed by atoms with Crippen molar-refractivity contribution in [1.82, 2.24) is 14.5 Å². The summed E-state index contributed by atoms with van der Waals surface area (Å²) in [5.74, 6) is -0.674. The van der Waals surface area contributed by atoms with E-state index in [0.29, 0.717) is 17.0 Å². The van der Waals surface area contributed by atoms with Crippen molar-refractivity contribution in [1.29, 1.82) is 0 Å². The van der Waals surface area contributed by atoms with Crippen molar-refractivity contribution in [3.63, 3.8) is 0 Å². The van der Waals surface area contributed by atoms with E-state index in [-0.39, 0.29) is 23.4 Å². The van der Waals surface area contributed by atoms with Gasteiger partial charge in [-0.15, -0.1) is 0 Å². The number of carbonyl (C=O) groups is 2. The third-order valence-corrected chi connectivity index (χ3v) is 8.91. The summed E-state index contributed by atoms with van der Waals surface area (Å²) in [6, 6.07) is 13.0. The molecule has 1 N–H and O–H groups in total. The van der Waals surface area contributed by atoms with E-state index in [1.165, 1.54) is 30.5 Å². The number of hydrogen-bond donors (Lipinski definition) is 1. The Morgan fingerprint density at radius 1 is 1.06 bits per heavy atom. The van der Waals surface area contributed by atoms with Gasteiger partial charge in [-0.1, -0.05) is 73.7 Å². The van der Waals surface area contributed by atoms with E-state index in [9.17, 15) is 18.0 Å². The van der Waals surface area contributed by atoms with Gasteiger partial charge in [0, 0.05) is 24.7 Å². The topological polar surface area (TPSA) is 86.8 Å². The Kier molecular flexibility index (Phi) is 9.93. The first-order valence-corrected chi connectivity index (χ1v) is 14.3. The van der Waals surface area contributed by atoms with Crippen LogP contribution in [0.5, 0.6) is 0 Å². The predicted octanol–water partition coefficient (Wildman–Crippen LogP) is 4.53. The monoisotopic (exact) mass is 533 g/mol. The molecule has 0 unspecified atom stereocenters. The number of nitrogens with one attached hydrogen (secondary N) is 1. The molecule has 9 heteroatoms. The molecule has 3 rings (SSSR count). The minimum atomic E-state index is -3.88. The van der Waals surface area contributed by atoms with Gasteiger partial charge < -0.3 is 10.2 Å². The van der Waals surface area contributed by atoms with Crippen molar-refractivity contribution in [3.05, 3.63) is 64.7 Å². The SMILES string of the molecule is CC[C@@H](C(=O)NC1CCCCC1)N(Cc1ccccc1Cl)C(=O)CN(C)S(=O)(=O)c1ccc(C)cc1. The number of rotatable bonds is 10. The Morgan fingerprint density at radius 3 is 2.31 bits per heavy atom. The van der Waals surface area contributed by atoms with Gasteiger partial charge in [0.2, 0.25) is 21.8 Å². The van der Waals surface area contributed by atoms with Crippen molar-refractivity contribution < 1.29 is 18.0 Å². The van der Waals surface area contributed by atoms with Crippen molar-refractivity contribution in [3.8, 4) is 0 Å². The van der Waals surface area contributed by atoms with Crippen molar-refractivity contribution in [2.24, 2.45) is 0 Å². The Balaban J connectivity index is 1.84. The number of likely N-dealkylation sites (N-methyl/N-ethyl adjacent to an activating group) is 1. The highest BCUT2D eigenvalue weighted by Crippen LogP contribution is 2.22. The van der Waals surface area contributed by atoms with Crippen LogP contribution in [0.4, 0.5) is 0 Å². The summed E-state index contributed by atoms with van der Waals surface area (Å²) in [5, 5.41) is 3.61. The van der Waals surface area contributed by atoms with Crippen LogP contribution in [0, 0.1) is 6.92 Å². The maximum atomic E-state index is 13.6. The zero-order chi connectivity index (χ0) is 26.3. The molecule has 0 spiro atoms. The maximum Gasteiger partial charge on any atom is 0.243 e. The van der Waals surface area contributed by atoms with Crippen LogP contribution in [0.3, 0.4) is 0 Å². The largest absolute Gasteiger partial charge is 0.352 e. The molecule has 2 aromatic rings. The van der Waals surface area contributed by atoms with E-state index in [0.717, 1.165) is 35.6 Å². The summed E-state index contributed by atoms with van der Waals surface area (Å²) in [7, 11) is -2.50. The molecule has 1 atom stereocenters. The van der Waals surface area contributed by atoms with Crippen LogP contribution in [-0.4, -0.2) is 55.1 Å². The van der Waals surface area contributed by atoms with Gasteiger partial charge in [-0.25, -0.2) is 8.42 Å². The number of sulfonamides is 1. The summed E-state index contributed by atoms with van der Waals surface area (Å²) < 4.78 is 27.2. The zero-order valence-corrected chi connectivity index (χ0v) is 22.8. The second-order valence-electron chi connectivity index (χ2n) is 9.45. The van der Waals surface area contributed by atoms with Crippen LogP contribution in [0.2, 0.25) is 5.02 Å². The molecule has 7 nitrogen and oxygen atoms in total. The standard InChI is InChI=1S/C27H36ClN3O4S/c1-4-25(27(33)29-22-11-6-5-7-12-22)31(18-21-10-8-9-13-24(21)28)26(32)19-30(3)36(34,35)23-16-14-20(2)15-17-23/h8-10,13-17,22,25H,4-7,11-12,18-19H2,1-3H3,(H,29,33)/t25-/m0/s1. The number of hydrogen-bond acceptors (Lipinski definition) is 4. The molecule has 1 fully saturated rings. The summed E-state index contributed by atoms with van der Waals surface area (Å²) in [6.07, 6.45) is 5.57. The lowest BCUT2D eigenvalue weighted by Crippen LogP contribution is -2.53. The number of nitrogens with zero attached hydrogens (tertiary/aromatic N) is 2. The Hall–Kier alpha value is -2.42. The lowest BCUT2D eigenvalue weighted by atomic mass is 9.95. The quantitative estimate of drug-likeness (QED) is 0.486. The fourth-order valence-corrected chi connectivity index (χ4v) is 5.85. The van der Waals surface area contributed by atoms with Crippen molar-refractivity contribution >= 4 is 33.4 Å². The number of aryl methyl sites for hydroxylation is 1. The highest BCUT2D eigenvalue weighted by molar-refractivity contribution is 7.89. The highest BCUT2D eigenvalue weighted by Gasteiger charge is 2.33. The summed E-state index contributed by atoms with van der Waals surface area (Å²) in [5.41, 5.74) is 1.63. The molecule has 0 saturated heterocycles. The van der Waals surface area contributed by atoms with E-state index >= 15 is 0 Å². The Bertz CT molecular complexity index is 1150. The van der Waals surface area contributed by atoms with Crippen LogP contribution >= 0.6 is 11.6 Å². The molecule has 0 radical (unpaired) electrons. The Labute approximate surface area is 219 Å². The summed E-state index contributed by atoms with van der Waals surface area (Å²) >= 11 is 6.38. The lowest BCUT2D eigenvalue weighted by Gasteiger charge is -2.33. The van der Waals surface area contributed by atoms with Crippen LogP contribution < -0.4 is 5.32 Å². The van der Waals surface area contributed by atoms with Gasteiger partial charge >= 0.3 is 0 Å². The van der Waals surface area contributed by atoms with Gasteiger partial charge in [-0.3, -0.25) is 9.59 Å². The minimum absolute atomic E-state index is 0.0992. The molecular formula is C27H36ClN3O4S. The lowest BCUT2D eigenvalue weighted by molar-refractivity contribution is -0.141. The minimum Gasteiger partial charge on any atom is -0.352 e. The fraction of sp³-hybridized carbons (Fsp3) is 0.481. The van der Waals surface area contributed by atoms with Gasteiger partial charge in [0.25, 0.3) is 0 Å². The normalized spacial score (nSPS) is 15.5. The average Bonchev–Trinajstić information content (AvgIpc) is 2.85. The van der Waals surface area contributed by atoms with Crippen LogP contribution in [0.25, 0.3) is 0 Å². The predicted molar refractivity (Wildman–Crippen MR) is 142 cm³/mol. The van der Waals surface area contributed by atoms with Crippen molar-refractivity contribution in [2.75, 3.05) is 13.6 Å². The molecule has 2 aromatic carbocycles. The second-order valence-corrected chi connectivity index (χ2v) is 11.9.